The van der Waals surface area contributed by atoms with E-state index in [1.807, 2.05) is 36.4 Å². The molecule has 8 heteroatoms. The first kappa shape index (κ1) is 22.1. The number of halogens is 1. The van der Waals surface area contributed by atoms with Gasteiger partial charge in [0.15, 0.2) is 11.7 Å². The van der Waals surface area contributed by atoms with Crippen LogP contribution in [0, 0.1) is 3.57 Å². The first-order valence-corrected chi connectivity index (χ1v) is 10.0. The van der Waals surface area contributed by atoms with Gasteiger partial charge in [0.1, 0.15) is 5.75 Å². The van der Waals surface area contributed by atoms with Gasteiger partial charge in [-0.3, -0.25) is 25.8 Å². The van der Waals surface area contributed by atoms with Crippen LogP contribution in [-0.2, 0) is 10.2 Å². The van der Waals surface area contributed by atoms with Gasteiger partial charge in [-0.15, -0.1) is 0 Å². The zero-order valence-corrected chi connectivity index (χ0v) is 18.8. The molecule has 0 saturated heterocycles. The lowest BCUT2D eigenvalue weighted by Crippen LogP contribution is -2.49. The maximum atomic E-state index is 12.1. The molecule has 0 aliphatic rings. The summed E-state index contributed by atoms with van der Waals surface area (Å²) in [5.74, 6) is -0.188. The van der Waals surface area contributed by atoms with Crippen molar-refractivity contribution in [2.75, 3.05) is 6.61 Å². The molecule has 0 bridgehead atoms. The fourth-order valence-corrected chi connectivity index (χ4v) is 3.02. The minimum atomic E-state index is -0.430. The molecule has 28 heavy (non-hydrogen) atoms. The highest BCUT2D eigenvalue weighted by Gasteiger charge is 2.14. The predicted octanol–water partition coefficient (Wildman–Crippen LogP) is 3.30. The number of nitrogens with one attached hydrogen (secondary N) is 3. The van der Waals surface area contributed by atoms with E-state index in [4.69, 9.17) is 17.0 Å². The number of hydrogen-bond donors (Lipinski definition) is 3. The molecular weight excluding hydrogens is 489 g/mol. The van der Waals surface area contributed by atoms with E-state index in [9.17, 15) is 9.59 Å². The van der Waals surface area contributed by atoms with Gasteiger partial charge >= 0.3 is 0 Å². The predicted molar refractivity (Wildman–Crippen MR) is 121 cm³/mol. The molecular formula is C20H22IN3O3S. The molecule has 0 unspecified atom stereocenters. The lowest BCUT2D eigenvalue weighted by Gasteiger charge is -2.19. The summed E-state index contributed by atoms with van der Waals surface area (Å²) < 4.78 is 6.26. The number of carbonyl (C=O) groups is 2. The Bertz CT molecular complexity index is 864. The van der Waals surface area contributed by atoms with Crippen LogP contribution in [0.25, 0.3) is 0 Å². The van der Waals surface area contributed by atoms with Crippen LogP contribution >= 0.6 is 34.8 Å². The van der Waals surface area contributed by atoms with E-state index < -0.39 is 5.91 Å². The Morgan fingerprint density at radius 2 is 1.68 bits per heavy atom. The Kier molecular flexibility index (Phi) is 7.76. The van der Waals surface area contributed by atoms with Crippen molar-refractivity contribution in [1.82, 2.24) is 16.2 Å². The highest BCUT2D eigenvalue weighted by atomic mass is 127. The normalized spacial score (nSPS) is 10.7. The van der Waals surface area contributed by atoms with Crippen molar-refractivity contribution in [2.45, 2.75) is 26.2 Å². The molecule has 2 aromatic rings. The van der Waals surface area contributed by atoms with Crippen molar-refractivity contribution < 1.29 is 14.3 Å². The highest BCUT2D eigenvalue weighted by molar-refractivity contribution is 14.1. The highest BCUT2D eigenvalue weighted by Crippen LogP contribution is 2.24. The third-order valence-electron chi connectivity index (χ3n) is 3.75. The second-order valence-electron chi connectivity index (χ2n) is 7.00. The van der Waals surface area contributed by atoms with Crippen LogP contribution < -0.4 is 20.9 Å². The molecule has 0 radical (unpaired) electrons. The van der Waals surface area contributed by atoms with Gasteiger partial charge in [0.2, 0.25) is 0 Å². The number of hydrazine groups is 1. The van der Waals surface area contributed by atoms with Crippen LogP contribution in [-0.4, -0.2) is 23.5 Å². The molecule has 0 atom stereocenters. The summed E-state index contributed by atoms with van der Waals surface area (Å²) >= 11 is 7.07. The van der Waals surface area contributed by atoms with E-state index in [0.29, 0.717) is 11.3 Å². The maximum absolute atomic E-state index is 12.1. The summed E-state index contributed by atoms with van der Waals surface area (Å²) in [5, 5.41) is 2.43. The molecule has 3 N–H and O–H groups in total. The van der Waals surface area contributed by atoms with Gasteiger partial charge in [-0.05, 0) is 70.1 Å². The van der Waals surface area contributed by atoms with Gasteiger partial charge in [0.25, 0.3) is 11.8 Å². The number of amides is 2. The van der Waals surface area contributed by atoms with Gasteiger partial charge in [-0.1, -0.05) is 45.0 Å². The molecule has 2 amide bonds. The first-order chi connectivity index (χ1) is 13.2. The van der Waals surface area contributed by atoms with Crippen molar-refractivity contribution in [3.63, 3.8) is 0 Å². The average Bonchev–Trinajstić information content (AvgIpc) is 2.64. The maximum Gasteiger partial charge on any atom is 0.270 e. The number of thiocarbonyl (C=S) groups is 1. The van der Waals surface area contributed by atoms with Crippen molar-refractivity contribution in [3.05, 3.63) is 63.2 Å². The standard InChI is InChI=1S/C20H22IN3O3S/c1-20(2,3)13-8-10-14(11-9-13)27-12-17(25)22-19(28)24-23-18(26)15-6-4-5-7-16(15)21/h4-11H,12H2,1-3H3,(H,23,26)(H2,22,24,25,28). The molecule has 0 aliphatic carbocycles. The smallest absolute Gasteiger partial charge is 0.270 e. The third kappa shape index (κ3) is 6.75. The number of ether oxygens (including phenoxy) is 1. The molecule has 2 rings (SSSR count). The van der Waals surface area contributed by atoms with Crippen molar-refractivity contribution in [2.24, 2.45) is 0 Å². The summed E-state index contributed by atoms with van der Waals surface area (Å²) in [6.07, 6.45) is 0. The first-order valence-electron chi connectivity index (χ1n) is 8.55. The molecule has 0 aromatic heterocycles. The average molecular weight is 511 g/mol. The van der Waals surface area contributed by atoms with Crippen molar-refractivity contribution in [1.29, 1.82) is 0 Å². The van der Waals surface area contributed by atoms with Crippen LogP contribution in [0.4, 0.5) is 0 Å². The fourth-order valence-electron chi connectivity index (χ4n) is 2.22. The zero-order valence-electron chi connectivity index (χ0n) is 15.8. The van der Waals surface area contributed by atoms with E-state index >= 15 is 0 Å². The summed E-state index contributed by atoms with van der Waals surface area (Å²) in [6.45, 7) is 6.19. The summed E-state index contributed by atoms with van der Waals surface area (Å²) in [7, 11) is 0. The van der Waals surface area contributed by atoms with Crippen LogP contribution in [0.15, 0.2) is 48.5 Å². The van der Waals surface area contributed by atoms with Crippen molar-refractivity contribution in [3.8, 4) is 5.75 Å². The minimum Gasteiger partial charge on any atom is -0.484 e. The molecule has 0 heterocycles. The molecule has 0 fully saturated rings. The minimum absolute atomic E-state index is 0.0176. The van der Waals surface area contributed by atoms with Gasteiger partial charge in [0, 0.05) is 3.57 Å². The SMILES string of the molecule is CC(C)(C)c1ccc(OCC(=O)NC(=S)NNC(=O)c2ccccc2I)cc1. The van der Waals surface area contributed by atoms with Crippen LogP contribution in [0.2, 0.25) is 0 Å². The molecule has 0 spiro atoms. The fraction of sp³-hybridized carbons (Fsp3) is 0.250. The lowest BCUT2D eigenvalue weighted by atomic mass is 9.87. The van der Waals surface area contributed by atoms with Crippen molar-refractivity contribution >= 4 is 51.7 Å². The topological polar surface area (TPSA) is 79.5 Å². The molecule has 148 valence electrons. The number of rotatable bonds is 4. The van der Waals surface area contributed by atoms with E-state index in [2.05, 4.69) is 59.5 Å². The molecule has 0 aliphatic heterocycles. The Hall–Kier alpha value is -2.20. The largest absolute Gasteiger partial charge is 0.484 e. The van der Waals surface area contributed by atoms with E-state index in [-0.39, 0.29) is 23.0 Å². The van der Waals surface area contributed by atoms with Crippen LogP contribution in [0.3, 0.4) is 0 Å². The molecule has 2 aromatic carbocycles. The second-order valence-corrected chi connectivity index (χ2v) is 8.57. The van der Waals surface area contributed by atoms with Crippen LogP contribution in [0.5, 0.6) is 5.75 Å². The summed E-state index contributed by atoms with van der Waals surface area (Å²) in [4.78, 5) is 24.0. The van der Waals surface area contributed by atoms with Gasteiger partial charge in [-0.25, -0.2) is 0 Å². The lowest BCUT2D eigenvalue weighted by molar-refractivity contribution is -0.121. The summed E-state index contributed by atoms with van der Waals surface area (Å²) in [6, 6.07) is 14.7. The van der Waals surface area contributed by atoms with E-state index in [0.717, 1.165) is 3.57 Å². The van der Waals surface area contributed by atoms with Crippen LogP contribution in [0.1, 0.15) is 36.7 Å². The zero-order chi connectivity index (χ0) is 20.7. The Balaban J connectivity index is 1.76. The van der Waals surface area contributed by atoms with Gasteiger partial charge in [-0.2, -0.15) is 0 Å². The number of hydrogen-bond acceptors (Lipinski definition) is 4. The quantitative estimate of drug-likeness (QED) is 0.334. The Labute approximate surface area is 183 Å². The molecule has 6 nitrogen and oxygen atoms in total. The number of benzene rings is 2. The Morgan fingerprint density at radius 3 is 2.29 bits per heavy atom. The van der Waals surface area contributed by atoms with E-state index in [1.165, 1.54) is 5.56 Å². The van der Waals surface area contributed by atoms with Gasteiger partial charge < -0.3 is 4.74 Å². The Morgan fingerprint density at radius 1 is 1.04 bits per heavy atom. The molecule has 0 saturated carbocycles. The summed E-state index contributed by atoms with van der Waals surface area (Å²) in [5.41, 5.74) is 6.69. The van der Waals surface area contributed by atoms with Gasteiger partial charge in [0.05, 0.1) is 5.56 Å². The second kappa shape index (κ2) is 9.83. The monoisotopic (exact) mass is 511 g/mol. The third-order valence-corrected chi connectivity index (χ3v) is 4.90. The van der Waals surface area contributed by atoms with E-state index in [1.54, 1.807) is 12.1 Å². The number of carbonyl (C=O) groups excluding carboxylic acids is 2.